The van der Waals surface area contributed by atoms with Crippen LogP contribution >= 0.6 is 0 Å². The average molecular weight is 443 g/mol. The molecule has 5 rings (SSSR count). The second kappa shape index (κ2) is 9.38. The second-order valence-corrected chi connectivity index (χ2v) is 8.00. The average Bonchev–Trinajstić information content (AvgIpc) is 2.89. The maximum Gasteiger partial charge on any atom is 0.278 e. The van der Waals surface area contributed by atoms with Crippen molar-refractivity contribution < 1.29 is 4.74 Å². The molecule has 2 aromatic heterocycles. The molecule has 0 unspecified atom stereocenters. The van der Waals surface area contributed by atoms with E-state index in [0.29, 0.717) is 29.4 Å². The minimum absolute atomic E-state index is 0.159. The van der Waals surface area contributed by atoms with E-state index in [-0.39, 0.29) is 5.56 Å². The fourth-order valence-electron chi connectivity index (χ4n) is 4.07. The van der Waals surface area contributed by atoms with Crippen molar-refractivity contribution in [1.82, 2.24) is 24.8 Å². The fourth-order valence-corrected chi connectivity index (χ4v) is 4.07. The Hall–Kier alpha value is -3.78. The molecule has 0 radical (unpaired) electrons. The van der Waals surface area contributed by atoms with Crippen LogP contribution in [-0.2, 0) is 13.0 Å². The van der Waals surface area contributed by atoms with Crippen LogP contribution in [0.15, 0.2) is 65.6 Å². The highest BCUT2D eigenvalue weighted by atomic mass is 16.5. The first-order valence-corrected chi connectivity index (χ1v) is 11.1. The van der Waals surface area contributed by atoms with Crippen LogP contribution in [0.3, 0.4) is 0 Å². The van der Waals surface area contributed by atoms with Gasteiger partial charge < -0.3 is 15.0 Å². The molecule has 0 aliphatic carbocycles. The molecule has 8 nitrogen and oxygen atoms in total. The Bertz CT molecular complexity index is 1300. The standard InChI is InChI=1S/C25H26N6O2/c1-33-20-9-7-19(8-10-20)22-24(32)31(14-11-18-5-3-2-4-6-18)23-21(28-22)17-27-25(29-23)30-15-12-26-13-16-30/h2-10,17,26H,11-16H2,1H3. The molecule has 0 amide bonds. The number of aromatic nitrogens is 4. The number of hydrogen-bond donors (Lipinski definition) is 1. The Morgan fingerprint density at radius 2 is 1.76 bits per heavy atom. The lowest BCUT2D eigenvalue weighted by molar-refractivity contribution is 0.415. The maximum absolute atomic E-state index is 13.6. The van der Waals surface area contributed by atoms with Crippen molar-refractivity contribution in [3.63, 3.8) is 0 Å². The Balaban J connectivity index is 1.61. The summed E-state index contributed by atoms with van der Waals surface area (Å²) in [7, 11) is 1.62. The van der Waals surface area contributed by atoms with Crippen LogP contribution in [0.4, 0.5) is 5.95 Å². The first-order valence-electron chi connectivity index (χ1n) is 11.1. The molecule has 0 atom stereocenters. The third kappa shape index (κ3) is 4.42. The summed E-state index contributed by atoms with van der Waals surface area (Å²) in [6.45, 7) is 3.94. The number of benzene rings is 2. The molecule has 1 N–H and O–H groups in total. The molecule has 0 bridgehead atoms. The predicted octanol–water partition coefficient (Wildman–Crippen LogP) is 2.51. The molecular weight excluding hydrogens is 416 g/mol. The van der Waals surface area contributed by atoms with Gasteiger partial charge in [-0.2, -0.15) is 4.98 Å². The van der Waals surface area contributed by atoms with Gasteiger partial charge in [0.1, 0.15) is 17.0 Å². The number of ether oxygens (including phenoxy) is 1. The number of aryl methyl sites for hydroxylation is 2. The second-order valence-electron chi connectivity index (χ2n) is 8.00. The molecule has 1 aliphatic heterocycles. The molecule has 1 saturated heterocycles. The number of piperazine rings is 1. The van der Waals surface area contributed by atoms with E-state index >= 15 is 0 Å². The number of hydrogen-bond acceptors (Lipinski definition) is 7. The van der Waals surface area contributed by atoms with Crippen molar-refractivity contribution >= 4 is 17.1 Å². The number of rotatable bonds is 6. The zero-order valence-corrected chi connectivity index (χ0v) is 18.6. The van der Waals surface area contributed by atoms with Crippen LogP contribution in [-0.4, -0.2) is 52.8 Å². The Labute approximate surface area is 191 Å². The summed E-state index contributed by atoms with van der Waals surface area (Å²) in [6.07, 6.45) is 2.44. The van der Waals surface area contributed by atoms with E-state index in [0.717, 1.165) is 49.5 Å². The van der Waals surface area contributed by atoms with E-state index in [1.807, 2.05) is 42.5 Å². The highest BCUT2D eigenvalue weighted by Crippen LogP contribution is 2.21. The summed E-state index contributed by atoms with van der Waals surface area (Å²) in [4.78, 5) is 29.8. The topological polar surface area (TPSA) is 85.2 Å². The van der Waals surface area contributed by atoms with Crippen molar-refractivity contribution in [2.24, 2.45) is 0 Å². The summed E-state index contributed by atoms with van der Waals surface area (Å²) >= 11 is 0. The third-order valence-electron chi connectivity index (χ3n) is 5.90. The molecule has 168 valence electrons. The minimum atomic E-state index is -0.159. The van der Waals surface area contributed by atoms with E-state index in [9.17, 15) is 4.79 Å². The van der Waals surface area contributed by atoms with Crippen LogP contribution in [0.1, 0.15) is 5.56 Å². The van der Waals surface area contributed by atoms with Gasteiger partial charge in [0, 0.05) is 38.3 Å². The van der Waals surface area contributed by atoms with Gasteiger partial charge in [0.25, 0.3) is 5.56 Å². The molecule has 1 aliphatic rings. The lowest BCUT2D eigenvalue weighted by Gasteiger charge is -2.27. The highest BCUT2D eigenvalue weighted by Gasteiger charge is 2.18. The van der Waals surface area contributed by atoms with E-state index in [2.05, 4.69) is 32.3 Å². The van der Waals surface area contributed by atoms with Gasteiger partial charge in [-0.3, -0.25) is 9.36 Å². The number of fused-ring (bicyclic) bond motifs is 1. The smallest absolute Gasteiger partial charge is 0.278 e. The number of anilines is 1. The first kappa shape index (κ1) is 21.1. The largest absolute Gasteiger partial charge is 0.497 e. The maximum atomic E-state index is 13.6. The lowest BCUT2D eigenvalue weighted by Crippen LogP contribution is -2.44. The zero-order valence-electron chi connectivity index (χ0n) is 18.6. The molecule has 0 saturated carbocycles. The molecule has 1 fully saturated rings. The monoisotopic (exact) mass is 442 g/mol. The van der Waals surface area contributed by atoms with Crippen LogP contribution < -0.4 is 20.5 Å². The van der Waals surface area contributed by atoms with Crippen molar-refractivity contribution in [3.8, 4) is 17.0 Å². The molecule has 2 aromatic carbocycles. The lowest BCUT2D eigenvalue weighted by atomic mass is 10.1. The normalized spacial score (nSPS) is 13.9. The van der Waals surface area contributed by atoms with Gasteiger partial charge in [0.05, 0.1) is 13.3 Å². The van der Waals surface area contributed by atoms with E-state index in [1.54, 1.807) is 17.9 Å². The highest BCUT2D eigenvalue weighted by molar-refractivity contribution is 5.75. The summed E-state index contributed by atoms with van der Waals surface area (Å²) in [5.74, 6) is 1.36. The van der Waals surface area contributed by atoms with Crippen LogP contribution in [0, 0.1) is 0 Å². The van der Waals surface area contributed by atoms with Crippen LogP contribution in [0.25, 0.3) is 22.4 Å². The van der Waals surface area contributed by atoms with Crippen molar-refractivity contribution in [2.75, 3.05) is 38.2 Å². The van der Waals surface area contributed by atoms with Gasteiger partial charge in [-0.05, 0) is 36.2 Å². The third-order valence-corrected chi connectivity index (χ3v) is 5.90. The Morgan fingerprint density at radius 1 is 1.00 bits per heavy atom. The SMILES string of the molecule is COc1ccc(-c2nc3cnc(N4CCNCC4)nc3n(CCc3ccccc3)c2=O)cc1. The zero-order chi connectivity index (χ0) is 22.6. The number of methoxy groups -OCH3 is 1. The van der Waals surface area contributed by atoms with Gasteiger partial charge in [0.15, 0.2) is 5.65 Å². The van der Waals surface area contributed by atoms with E-state index < -0.39 is 0 Å². The minimum Gasteiger partial charge on any atom is -0.497 e. The summed E-state index contributed by atoms with van der Waals surface area (Å²) in [6, 6.07) is 17.5. The van der Waals surface area contributed by atoms with E-state index in [4.69, 9.17) is 9.72 Å². The van der Waals surface area contributed by atoms with E-state index in [1.165, 1.54) is 0 Å². The predicted molar refractivity (Wildman–Crippen MR) is 129 cm³/mol. The molecule has 8 heteroatoms. The fraction of sp³-hybridized carbons (Fsp3) is 0.280. The summed E-state index contributed by atoms with van der Waals surface area (Å²) < 4.78 is 6.99. The van der Waals surface area contributed by atoms with Gasteiger partial charge in [-0.25, -0.2) is 9.97 Å². The quantitative estimate of drug-likeness (QED) is 0.491. The van der Waals surface area contributed by atoms with Crippen molar-refractivity contribution in [3.05, 3.63) is 76.7 Å². The first-order chi connectivity index (χ1) is 16.2. The summed E-state index contributed by atoms with van der Waals surface area (Å²) in [5.41, 5.74) is 3.30. The van der Waals surface area contributed by atoms with Gasteiger partial charge in [-0.1, -0.05) is 30.3 Å². The van der Waals surface area contributed by atoms with Gasteiger partial charge in [-0.15, -0.1) is 0 Å². The Morgan fingerprint density at radius 3 is 2.48 bits per heavy atom. The van der Waals surface area contributed by atoms with Gasteiger partial charge in [0.2, 0.25) is 5.95 Å². The van der Waals surface area contributed by atoms with Crippen LogP contribution in [0.2, 0.25) is 0 Å². The number of nitrogens with zero attached hydrogens (tertiary/aromatic N) is 5. The van der Waals surface area contributed by atoms with Crippen molar-refractivity contribution in [2.45, 2.75) is 13.0 Å². The molecule has 4 aromatic rings. The molecular formula is C25H26N6O2. The molecule has 3 heterocycles. The number of nitrogens with one attached hydrogen (secondary N) is 1. The van der Waals surface area contributed by atoms with Gasteiger partial charge >= 0.3 is 0 Å². The summed E-state index contributed by atoms with van der Waals surface area (Å²) in [5, 5.41) is 3.34. The van der Waals surface area contributed by atoms with Crippen LogP contribution in [0.5, 0.6) is 5.75 Å². The molecule has 0 spiro atoms. The Kier molecular flexibility index (Phi) is 5.99. The van der Waals surface area contributed by atoms with Crippen molar-refractivity contribution in [1.29, 1.82) is 0 Å². The molecule has 33 heavy (non-hydrogen) atoms.